The van der Waals surface area contributed by atoms with Crippen LogP contribution < -0.4 is 0 Å². The Morgan fingerprint density at radius 1 is 1.43 bits per heavy atom. The number of likely N-dealkylation sites (tertiary alicyclic amines) is 1. The van der Waals surface area contributed by atoms with Crippen LogP contribution in [0.2, 0.25) is 0 Å². The van der Waals surface area contributed by atoms with Crippen molar-refractivity contribution in [1.29, 1.82) is 0 Å². The summed E-state index contributed by atoms with van der Waals surface area (Å²) in [7, 11) is 0. The predicted molar refractivity (Wildman–Crippen MR) is 52.3 cm³/mol. The van der Waals surface area contributed by atoms with E-state index in [9.17, 15) is 4.39 Å². The van der Waals surface area contributed by atoms with Crippen molar-refractivity contribution in [3.8, 4) is 0 Å². The Labute approximate surface area is 83.0 Å². The Bertz CT molecular complexity index is 310. The lowest BCUT2D eigenvalue weighted by molar-refractivity contribution is 0.0478. The molecule has 0 saturated carbocycles. The smallest absolute Gasteiger partial charge is 0.123 e. The SMILES string of the molecule is OCC1CN(Cc2cccc(F)c2)C1. The van der Waals surface area contributed by atoms with E-state index in [0.717, 1.165) is 25.2 Å². The summed E-state index contributed by atoms with van der Waals surface area (Å²) >= 11 is 0. The van der Waals surface area contributed by atoms with Gasteiger partial charge >= 0.3 is 0 Å². The lowest BCUT2D eigenvalue weighted by Crippen LogP contribution is -2.47. The van der Waals surface area contributed by atoms with E-state index in [4.69, 9.17) is 5.11 Å². The van der Waals surface area contributed by atoms with Crippen molar-refractivity contribution in [3.63, 3.8) is 0 Å². The van der Waals surface area contributed by atoms with E-state index < -0.39 is 0 Å². The van der Waals surface area contributed by atoms with Crippen LogP contribution in [-0.2, 0) is 6.54 Å². The van der Waals surface area contributed by atoms with Crippen LogP contribution in [-0.4, -0.2) is 29.7 Å². The van der Waals surface area contributed by atoms with Crippen molar-refractivity contribution >= 4 is 0 Å². The van der Waals surface area contributed by atoms with Crippen LogP contribution in [0.5, 0.6) is 0 Å². The number of rotatable bonds is 3. The van der Waals surface area contributed by atoms with Gasteiger partial charge in [0, 0.05) is 32.2 Å². The van der Waals surface area contributed by atoms with Crippen molar-refractivity contribution in [1.82, 2.24) is 4.90 Å². The summed E-state index contributed by atoms with van der Waals surface area (Å²) < 4.78 is 12.8. The molecule has 1 fully saturated rings. The minimum atomic E-state index is -0.179. The average molecular weight is 195 g/mol. The first-order valence-electron chi connectivity index (χ1n) is 4.85. The number of aliphatic hydroxyl groups is 1. The topological polar surface area (TPSA) is 23.5 Å². The molecule has 1 aromatic carbocycles. The summed E-state index contributed by atoms with van der Waals surface area (Å²) in [6.45, 7) is 2.90. The van der Waals surface area contributed by atoms with E-state index in [0.29, 0.717) is 5.92 Å². The first-order valence-corrected chi connectivity index (χ1v) is 4.85. The van der Waals surface area contributed by atoms with Gasteiger partial charge in [-0.1, -0.05) is 12.1 Å². The number of halogens is 1. The average Bonchev–Trinajstić information content (AvgIpc) is 2.10. The van der Waals surface area contributed by atoms with Crippen LogP contribution in [0.25, 0.3) is 0 Å². The molecule has 1 saturated heterocycles. The number of benzene rings is 1. The Kier molecular flexibility index (Phi) is 2.79. The Balaban J connectivity index is 1.87. The van der Waals surface area contributed by atoms with E-state index in [1.807, 2.05) is 6.07 Å². The molecular weight excluding hydrogens is 181 g/mol. The molecule has 1 heterocycles. The third-order valence-corrected chi connectivity index (χ3v) is 2.59. The molecule has 2 nitrogen and oxygen atoms in total. The van der Waals surface area contributed by atoms with Gasteiger partial charge in [-0.15, -0.1) is 0 Å². The molecule has 0 bridgehead atoms. The zero-order chi connectivity index (χ0) is 9.97. The van der Waals surface area contributed by atoms with Gasteiger partial charge in [-0.05, 0) is 17.7 Å². The van der Waals surface area contributed by atoms with Gasteiger partial charge in [0.05, 0.1) is 0 Å². The molecule has 1 aromatic rings. The first kappa shape index (κ1) is 9.62. The lowest BCUT2D eigenvalue weighted by atomic mass is 10.0. The summed E-state index contributed by atoms with van der Waals surface area (Å²) in [5.74, 6) is 0.241. The van der Waals surface area contributed by atoms with Gasteiger partial charge in [-0.3, -0.25) is 4.90 Å². The van der Waals surface area contributed by atoms with Crippen molar-refractivity contribution in [2.45, 2.75) is 6.54 Å². The normalized spacial score (nSPS) is 18.1. The van der Waals surface area contributed by atoms with E-state index in [1.54, 1.807) is 12.1 Å². The fourth-order valence-electron chi connectivity index (χ4n) is 1.81. The molecule has 0 amide bonds. The molecule has 1 aliphatic heterocycles. The predicted octanol–water partition coefficient (Wildman–Crippen LogP) is 1.25. The van der Waals surface area contributed by atoms with Gasteiger partial charge in [0.15, 0.2) is 0 Å². The molecule has 1 N–H and O–H groups in total. The molecule has 0 radical (unpaired) electrons. The molecular formula is C11H14FNO. The van der Waals surface area contributed by atoms with Crippen LogP contribution >= 0.6 is 0 Å². The van der Waals surface area contributed by atoms with E-state index >= 15 is 0 Å². The molecule has 0 atom stereocenters. The van der Waals surface area contributed by atoms with E-state index in [-0.39, 0.29) is 12.4 Å². The Hall–Kier alpha value is -0.930. The Morgan fingerprint density at radius 3 is 2.86 bits per heavy atom. The maximum Gasteiger partial charge on any atom is 0.123 e. The summed E-state index contributed by atoms with van der Waals surface area (Å²) in [6, 6.07) is 6.67. The number of hydrogen-bond donors (Lipinski definition) is 1. The number of nitrogens with zero attached hydrogens (tertiary/aromatic N) is 1. The Morgan fingerprint density at radius 2 is 2.21 bits per heavy atom. The standard InChI is InChI=1S/C11H14FNO/c12-11-3-1-2-9(4-11)5-13-6-10(7-13)8-14/h1-4,10,14H,5-8H2. The second-order valence-electron chi connectivity index (χ2n) is 3.87. The van der Waals surface area contributed by atoms with Crippen LogP contribution in [0.4, 0.5) is 4.39 Å². The molecule has 76 valence electrons. The summed E-state index contributed by atoms with van der Waals surface area (Å²) in [4.78, 5) is 2.20. The monoisotopic (exact) mass is 195 g/mol. The first-order chi connectivity index (χ1) is 6.78. The fourth-order valence-corrected chi connectivity index (χ4v) is 1.81. The van der Waals surface area contributed by atoms with Crippen LogP contribution in [0.3, 0.4) is 0 Å². The van der Waals surface area contributed by atoms with Crippen LogP contribution in [0, 0.1) is 11.7 Å². The van der Waals surface area contributed by atoms with Crippen molar-refractivity contribution < 1.29 is 9.50 Å². The van der Waals surface area contributed by atoms with Gasteiger partial charge < -0.3 is 5.11 Å². The zero-order valence-electron chi connectivity index (χ0n) is 7.99. The number of hydrogen-bond acceptors (Lipinski definition) is 2. The molecule has 0 unspecified atom stereocenters. The van der Waals surface area contributed by atoms with E-state index in [1.165, 1.54) is 6.07 Å². The minimum absolute atomic E-state index is 0.179. The minimum Gasteiger partial charge on any atom is -0.396 e. The van der Waals surface area contributed by atoms with Crippen molar-refractivity contribution in [3.05, 3.63) is 35.6 Å². The highest BCUT2D eigenvalue weighted by atomic mass is 19.1. The maximum absolute atomic E-state index is 12.8. The van der Waals surface area contributed by atoms with Crippen molar-refractivity contribution in [2.24, 2.45) is 5.92 Å². The summed E-state index contributed by atoms with van der Waals surface area (Å²) in [5.41, 5.74) is 1.00. The maximum atomic E-state index is 12.8. The largest absolute Gasteiger partial charge is 0.396 e. The molecule has 1 aliphatic rings. The number of aliphatic hydroxyl groups excluding tert-OH is 1. The lowest BCUT2D eigenvalue weighted by Gasteiger charge is -2.38. The third kappa shape index (κ3) is 2.11. The molecule has 14 heavy (non-hydrogen) atoms. The van der Waals surface area contributed by atoms with Crippen LogP contribution in [0.1, 0.15) is 5.56 Å². The van der Waals surface area contributed by atoms with Gasteiger partial charge in [0.1, 0.15) is 5.82 Å². The zero-order valence-corrected chi connectivity index (χ0v) is 7.99. The highest BCUT2D eigenvalue weighted by Crippen LogP contribution is 2.18. The third-order valence-electron chi connectivity index (χ3n) is 2.59. The highest BCUT2D eigenvalue weighted by molar-refractivity contribution is 5.16. The quantitative estimate of drug-likeness (QED) is 0.784. The van der Waals surface area contributed by atoms with Gasteiger partial charge in [0.25, 0.3) is 0 Å². The second-order valence-corrected chi connectivity index (χ2v) is 3.87. The summed E-state index contributed by atoms with van der Waals surface area (Å²) in [6.07, 6.45) is 0. The highest BCUT2D eigenvalue weighted by Gasteiger charge is 2.25. The van der Waals surface area contributed by atoms with Gasteiger partial charge in [-0.25, -0.2) is 4.39 Å². The molecule has 3 heteroatoms. The van der Waals surface area contributed by atoms with E-state index in [2.05, 4.69) is 4.90 Å². The molecule has 0 aromatic heterocycles. The summed E-state index contributed by atoms with van der Waals surface area (Å²) in [5, 5.41) is 8.83. The molecule has 0 aliphatic carbocycles. The second kappa shape index (κ2) is 4.07. The van der Waals surface area contributed by atoms with Gasteiger partial charge in [-0.2, -0.15) is 0 Å². The molecule has 2 rings (SSSR count). The van der Waals surface area contributed by atoms with Crippen molar-refractivity contribution in [2.75, 3.05) is 19.7 Å². The van der Waals surface area contributed by atoms with Gasteiger partial charge in [0.2, 0.25) is 0 Å². The van der Waals surface area contributed by atoms with Crippen LogP contribution in [0.15, 0.2) is 24.3 Å². The molecule has 0 spiro atoms. The fraction of sp³-hybridized carbons (Fsp3) is 0.455.